The quantitative estimate of drug-likeness (QED) is 0.913. The number of carbonyl (C=O) groups excluding carboxylic acids is 1. The van der Waals surface area contributed by atoms with Crippen molar-refractivity contribution in [2.75, 3.05) is 11.1 Å². The summed E-state index contributed by atoms with van der Waals surface area (Å²) in [7, 11) is 0. The number of carbonyl (C=O) groups is 1. The van der Waals surface area contributed by atoms with Gasteiger partial charge < -0.3 is 9.84 Å². The van der Waals surface area contributed by atoms with Crippen molar-refractivity contribution < 1.29 is 9.32 Å². The fourth-order valence-corrected chi connectivity index (χ4v) is 3.07. The van der Waals surface area contributed by atoms with Gasteiger partial charge in [-0.1, -0.05) is 22.9 Å². The smallest absolute Gasteiger partial charge is 0.234 e. The Hall–Kier alpha value is -1.75. The molecule has 2 rings (SSSR count). The molecule has 5 heteroatoms. The minimum atomic E-state index is 0.0127. The number of aryl methyl sites for hydroxylation is 4. The van der Waals surface area contributed by atoms with E-state index in [-0.39, 0.29) is 5.91 Å². The van der Waals surface area contributed by atoms with E-state index in [0.29, 0.717) is 5.75 Å². The summed E-state index contributed by atoms with van der Waals surface area (Å²) in [6.45, 7) is 7.85. The van der Waals surface area contributed by atoms with E-state index in [9.17, 15) is 4.79 Å². The predicted octanol–water partition coefficient (Wildman–Crippen LogP) is 3.78. The van der Waals surface area contributed by atoms with Gasteiger partial charge in [0.05, 0.1) is 11.4 Å². The Labute approximate surface area is 129 Å². The lowest BCUT2D eigenvalue weighted by molar-refractivity contribution is -0.113. The average molecular weight is 304 g/mol. The van der Waals surface area contributed by atoms with Crippen molar-refractivity contribution in [2.45, 2.75) is 33.4 Å². The van der Waals surface area contributed by atoms with Crippen LogP contribution in [0.3, 0.4) is 0 Å². The molecular weight excluding hydrogens is 284 g/mol. The summed E-state index contributed by atoms with van der Waals surface area (Å²) < 4.78 is 5.11. The fourth-order valence-electron chi connectivity index (χ4n) is 2.09. The molecule has 0 saturated heterocycles. The van der Waals surface area contributed by atoms with E-state index in [2.05, 4.69) is 16.5 Å². The summed E-state index contributed by atoms with van der Waals surface area (Å²) in [5.41, 5.74) is 5.13. The van der Waals surface area contributed by atoms with Gasteiger partial charge in [0.25, 0.3) is 0 Å². The number of aromatic nitrogens is 1. The highest BCUT2D eigenvalue weighted by Gasteiger charge is 2.10. The first-order chi connectivity index (χ1) is 9.97. The Morgan fingerprint density at radius 1 is 1.29 bits per heavy atom. The molecule has 0 unspecified atom stereocenters. The van der Waals surface area contributed by atoms with E-state index in [0.717, 1.165) is 34.0 Å². The Bertz CT molecular complexity index is 630. The van der Waals surface area contributed by atoms with Crippen molar-refractivity contribution in [3.05, 3.63) is 46.3 Å². The van der Waals surface area contributed by atoms with Gasteiger partial charge in [0.1, 0.15) is 5.76 Å². The largest absolute Gasteiger partial charge is 0.361 e. The molecule has 0 aliphatic heterocycles. The van der Waals surface area contributed by atoms with Gasteiger partial charge in [0.2, 0.25) is 5.91 Å². The molecule has 1 aromatic carbocycles. The van der Waals surface area contributed by atoms with Crippen LogP contribution in [0.2, 0.25) is 0 Å². The topological polar surface area (TPSA) is 55.1 Å². The van der Waals surface area contributed by atoms with Gasteiger partial charge in [-0.15, -0.1) is 11.8 Å². The molecule has 112 valence electrons. The lowest BCUT2D eigenvalue weighted by atomic mass is 10.1. The summed E-state index contributed by atoms with van der Waals surface area (Å²) in [5.74, 6) is 1.99. The number of anilines is 1. The Balaban J connectivity index is 1.85. The molecule has 0 atom stereocenters. The van der Waals surface area contributed by atoms with Crippen molar-refractivity contribution in [1.82, 2.24) is 5.16 Å². The Morgan fingerprint density at radius 3 is 2.67 bits per heavy atom. The highest BCUT2D eigenvalue weighted by molar-refractivity contribution is 7.99. The normalized spacial score (nSPS) is 10.7. The number of thioether (sulfide) groups is 1. The first-order valence-electron chi connectivity index (χ1n) is 6.84. The number of amides is 1. The maximum atomic E-state index is 12.0. The first kappa shape index (κ1) is 15.6. The van der Waals surface area contributed by atoms with Crippen molar-refractivity contribution in [3.63, 3.8) is 0 Å². The van der Waals surface area contributed by atoms with Gasteiger partial charge in [-0.3, -0.25) is 4.79 Å². The summed E-state index contributed by atoms with van der Waals surface area (Å²) in [5, 5.41) is 6.86. The zero-order valence-corrected chi connectivity index (χ0v) is 13.6. The Kier molecular flexibility index (Phi) is 5.07. The Morgan fingerprint density at radius 2 is 2.05 bits per heavy atom. The van der Waals surface area contributed by atoms with Crippen LogP contribution in [0.5, 0.6) is 0 Å². The highest BCUT2D eigenvalue weighted by Crippen LogP contribution is 2.20. The number of nitrogens with zero attached hydrogens (tertiary/aromatic N) is 1. The zero-order valence-electron chi connectivity index (χ0n) is 12.8. The SMILES string of the molecule is Cc1ccc(NC(=O)CSCc2c(C)noc2C)c(C)c1. The van der Waals surface area contributed by atoms with Gasteiger partial charge in [0.15, 0.2) is 0 Å². The highest BCUT2D eigenvalue weighted by atomic mass is 32.2. The molecule has 0 radical (unpaired) electrons. The average Bonchev–Trinajstić information content (AvgIpc) is 2.74. The molecule has 1 heterocycles. The molecule has 2 aromatic rings. The summed E-state index contributed by atoms with van der Waals surface area (Å²) in [4.78, 5) is 12.0. The van der Waals surface area contributed by atoms with Crippen LogP contribution >= 0.6 is 11.8 Å². The molecule has 0 aliphatic rings. The number of benzene rings is 1. The van der Waals surface area contributed by atoms with Crippen LogP contribution in [-0.4, -0.2) is 16.8 Å². The van der Waals surface area contributed by atoms with Crippen LogP contribution in [0.15, 0.2) is 22.7 Å². The molecule has 0 spiro atoms. The third-order valence-corrected chi connectivity index (χ3v) is 4.28. The molecule has 0 fully saturated rings. The third-order valence-electron chi connectivity index (χ3n) is 3.32. The fraction of sp³-hybridized carbons (Fsp3) is 0.375. The summed E-state index contributed by atoms with van der Waals surface area (Å²) in [6.07, 6.45) is 0. The van der Waals surface area contributed by atoms with Crippen molar-refractivity contribution >= 4 is 23.4 Å². The number of hydrogen-bond acceptors (Lipinski definition) is 4. The summed E-state index contributed by atoms with van der Waals surface area (Å²) in [6, 6.07) is 6.01. The van der Waals surface area contributed by atoms with Gasteiger partial charge in [-0.2, -0.15) is 0 Å². The van der Waals surface area contributed by atoms with Crippen LogP contribution < -0.4 is 5.32 Å². The number of hydrogen-bond donors (Lipinski definition) is 1. The maximum absolute atomic E-state index is 12.0. The second-order valence-corrected chi connectivity index (χ2v) is 6.15. The van der Waals surface area contributed by atoms with E-state index in [1.54, 1.807) is 11.8 Å². The van der Waals surface area contributed by atoms with Crippen LogP contribution in [0.4, 0.5) is 5.69 Å². The first-order valence-corrected chi connectivity index (χ1v) is 7.99. The molecule has 21 heavy (non-hydrogen) atoms. The van der Waals surface area contributed by atoms with Crippen LogP contribution in [0.25, 0.3) is 0 Å². The van der Waals surface area contributed by atoms with Gasteiger partial charge in [0, 0.05) is 17.0 Å². The van der Waals surface area contributed by atoms with E-state index in [1.165, 1.54) is 5.56 Å². The van der Waals surface area contributed by atoms with E-state index >= 15 is 0 Å². The molecule has 0 aliphatic carbocycles. The predicted molar refractivity (Wildman–Crippen MR) is 86.7 cm³/mol. The van der Waals surface area contributed by atoms with Gasteiger partial charge >= 0.3 is 0 Å². The van der Waals surface area contributed by atoms with Crippen LogP contribution in [-0.2, 0) is 10.5 Å². The lowest BCUT2D eigenvalue weighted by Crippen LogP contribution is -2.15. The van der Waals surface area contributed by atoms with E-state index < -0.39 is 0 Å². The second-order valence-electron chi connectivity index (χ2n) is 5.16. The minimum Gasteiger partial charge on any atom is -0.361 e. The maximum Gasteiger partial charge on any atom is 0.234 e. The molecule has 1 N–H and O–H groups in total. The molecule has 0 bridgehead atoms. The lowest BCUT2D eigenvalue weighted by Gasteiger charge is -2.09. The standard InChI is InChI=1S/C16H20N2O2S/c1-10-5-6-15(11(2)7-10)17-16(19)9-21-8-14-12(3)18-20-13(14)4/h5-7H,8-9H2,1-4H3,(H,17,19). The number of nitrogens with one attached hydrogen (secondary N) is 1. The van der Waals surface area contributed by atoms with Crippen molar-refractivity contribution in [3.8, 4) is 0 Å². The summed E-state index contributed by atoms with van der Waals surface area (Å²) >= 11 is 1.56. The second kappa shape index (κ2) is 6.80. The van der Waals surface area contributed by atoms with E-state index in [4.69, 9.17) is 4.52 Å². The zero-order chi connectivity index (χ0) is 15.4. The van der Waals surface area contributed by atoms with Gasteiger partial charge in [-0.25, -0.2) is 0 Å². The minimum absolute atomic E-state index is 0.0127. The van der Waals surface area contributed by atoms with Crippen molar-refractivity contribution in [2.24, 2.45) is 0 Å². The van der Waals surface area contributed by atoms with Crippen LogP contribution in [0.1, 0.15) is 28.1 Å². The van der Waals surface area contributed by atoms with Crippen LogP contribution in [0, 0.1) is 27.7 Å². The van der Waals surface area contributed by atoms with E-state index in [1.807, 2.05) is 39.8 Å². The molecule has 4 nitrogen and oxygen atoms in total. The van der Waals surface area contributed by atoms with Crippen molar-refractivity contribution in [1.29, 1.82) is 0 Å². The molecule has 0 saturated carbocycles. The number of rotatable bonds is 5. The molecule has 1 amide bonds. The molecule has 1 aromatic heterocycles. The third kappa shape index (κ3) is 4.11. The van der Waals surface area contributed by atoms with Gasteiger partial charge in [-0.05, 0) is 39.3 Å². The molecular formula is C16H20N2O2S. The monoisotopic (exact) mass is 304 g/mol.